The third-order valence-corrected chi connectivity index (χ3v) is 12.3. The second kappa shape index (κ2) is 11.6. The van der Waals surface area contributed by atoms with Crippen LogP contribution >= 0.6 is 0 Å². The van der Waals surface area contributed by atoms with Gasteiger partial charge in [0.05, 0.1) is 22.0 Å². The number of hydrogen-bond acceptors (Lipinski definition) is 8. The van der Waals surface area contributed by atoms with Gasteiger partial charge in [0.15, 0.2) is 11.6 Å². The average molecular weight is 701 g/mol. The van der Waals surface area contributed by atoms with E-state index in [0.717, 1.165) is 16.8 Å². The van der Waals surface area contributed by atoms with Crippen LogP contribution in [0.5, 0.6) is 11.8 Å². The minimum Gasteiger partial charge on any atom is -0.508 e. The maximum Gasteiger partial charge on any atom is 0.319 e. The van der Waals surface area contributed by atoms with E-state index in [9.17, 15) is 17.9 Å². The van der Waals surface area contributed by atoms with Crippen LogP contribution in [0.3, 0.4) is 0 Å². The quantitative estimate of drug-likeness (QED) is 0.244. The van der Waals surface area contributed by atoms with E-state index in [1.807, 2.05) is 4.90 Å². The SMILES string of the molecule is CCc1c(F)ccc2cc(O)cc(-c3c(F)cc4c(N5C6(CCCNC6)CNS5(=O)=O)nc(OC[C@@]56CCCN5C[C@H](F)C6)nc4c3F)c12. The van der Waals surface area contributed by atoms with Gasteiger partial charge in [-0.1, -0.05) is 13.0 Å². The summed E-state index contributed by atoms with van der Waals surface area (Å²) >= 11 is 0. The van der Waals surface area contributed by atoms with Crippen molar-refractivity contribution in [1.82, 2.24) is 24.9 Å². The molecule has 49 heavy (non-hydrogen) atoms. The van der Waals surface area contributed by atoms with Gasteiger partial charge in [0.1, 0.15) is 35.7 Å². The number of aromatic nitrogens is 2. The van der Waals surface area contributed by atoms with Gasteiger partial charge in [-0.25, -0.2) is 21.9 Å². The number of anilines is 1. The van der Waals surface area contributed by atoms with E-state index < -0.39 is 56.0 Å². The molecule has 4 aliphatic heterocycles. The summed E-state index contributed by atoms with van der Waals surface area (Å²) in [5, 5.41) is 14.2. The van der Waals surface area contributed by atoms with Crippen molar-refractivity contribution in [2.45, 2.75) is 62.7 Å². The number of nitrogens with one attached hydrogen (secondary N) is 2. The summed E-state index contributed by atoms with van der Waals surface area (Å²) in [6.07, 6.45) is 2.05. The molecule has 0 radical (unpaired) electrons. The maximum atomic E-state index is 17.1. The minimum absolute atomic E-state index is 0.0118. The largest absolute Gasteiger partial charge is 0.508 e. The van der Waals surface area contributed by atoms with E-state index in [0.29, 0.717) is 37.7 Å². The van der Waals surface area contributed by atoms with Gasteiger partial charge in [0.25, 0.3) is 0 Å². The summed E-state index contributed by atoms with van der Waals surface area (Å²) in [5.74, 6) is -3.35. The van der Waals surface area contributed by atoms with Gasteiger partial charge in [-0.3, -0.25) is 4.90 Å². The number of piperidine rings is 1. The highest BCUT2D eigenvalue weighted by Gasteiger charge is 2.52. The highest BCUT2D eigenvalue weighted by Crippen LogP contribution is 2.45. The number of phenolic OH excluding ortho intramolecular Hbond substituents is 1. The molecule has 4 fully saturated rings. The van der Waals surface area contributed by atoms with E-state index >= 15 is 13.2 Å². The molecule has 10 nitrogen and oxygen atoms in total. The van der Waals surface area contributed by atoms with Crippen LogP contribution in [0.25, 0.3) is 32.8 Å². The van der Waals surface area contributed by atoms with Crippen molar-refractivity contribution in [1.29, 1.82) is 0 Å². The van der Waals surface area contributed by atoms with Crippen LogP contribution in [-0.4, -0.2) is 85.0 Å². The van der Waals surface area contributed by atoms with Gasteiger partial charge in [-0.15, -0.1) is 0 Å². The standard InChI is InChI=1S/C34H36F4N6O4S/c1-2-22-25(36)6-5-19-11-21(45)12-23(27(19)22)28-26(37)13-24-30(29(28)38)41-32(48-18-33-8-4-10-43(33)15-20(35)14-33)42-31(24)44-34(7-3-9-39-16-34)17-40-49(44,46)47/h5-6,11-13,20,39-40,45H,2-4,7-10,14-18H2,1H3/t20-,33+,34?/m1/s1. The number of aromatic hydroxyl groups is 1. The first kappa shape index (κ1) is 32.4. The highest BCUT2D eigenvalue weighted by molar-refractivity contribution is 7.91. The Hall–Kier alpha value is -3.79. The molecule has 3 N–H and O–H groups in total. The van der Waals surface area contributed by atoms with Crippen molar-refractivity contribution >= 4 is 37.7 Å². The van der Waals surface area contributed by atoms with Crippen LogP contribution in [-0.2, 0) is 16.6 Å². The summed E-state index contributed by atoms with van der Waals surface area (Å²) in [4.78, 5) is 10.9. The minimum atomic E-state index is -4.23. The Labute approximate surface area is 280 Å². The van der Waals surface area contributed by atoms with Crippen LogP contribution in [0.15, 0.2) is 30.3 Å². The number of aryl methyl sites for hydroxylation is 1. The smallest absolute Gasteiger partial charge is 0.319 e. The third kappa shape index (κ3) is 5.11. The second-order valence-electron chi connectivity index (χ2n) is 13.7. The number of rotatable bonds is 6. The van der Waals surface area contributed by atoms with Crippen molar-refractivity contribution in [3.05, 3.63) is 53.3 Å². The van der Waals surface area contributed by atoms with Gasteiger partial charge in [-0.2, -0.15) is 23.1 Å². The fourth-order valence-electron chi connectivity index (χ4n) is 8.55. The van der Waals surface area contributed by atoms with Crippen LogP contribution in [0, 0.1) is 17.5 Å². The Bertz CT molecular complexity index is 2110. The lowest BCUT2D eigenvalue weighted by atomic mass is 9.89. The lowest BCUT2D eigenvalue weighted by Gasteiger charge is -2.40. The van der Waals surface area contributed by atoms with Crippen molar-refractivity contribution in [2.24, 2.45) is 0 Å². The molecule has 0 amide bonds. The molecule has 8 rings (SSSR count). The zero-order valence-electron chi connectivity index (χ0n) is 26.8. The van der Waals surface area contributed by atoms with Crippen molar-refractivity contribution in [3.8, 4) is 22.9 Å². The Morgan fingerprint density at radius 1 is 1.08 bits per heavy atom. The molecule has 15 heteroatoms. The number of nitrogens with zero attached hydrogens (tertiary/aromatic N) is 4. The zero-order valence-corrected chi connectivity index (χ0v) is 27.6. The zero-order chi connectivity index (χ0) is 34.3. The lowest BCUT2D eigenvalue weighted by molar-refractivity contribution is 0.107. The van der Waals surface area contributed by atoms with E-state index in [1.165, 1.54) is 24.3 Å². The first-order valence-electron chi connectivity index (χ1n) is 16.6. The van der Waals surface area contributed by atoms with Gasteiger partial charge < -0.3 is 15.2 Å². The van der Waals surface area contributed by atoms with Crippen molar-refractivity contribution in [3.63, 3.8) is 0 Å². The summed E-state index contributed by atoms with van der Waals surface area (Å²) in [6.45, 7) is 3.66. The number of fused-ring (bicyclic) bond motifs is 3. The van der Waals surface area contributed by atoms with Gasteiger partial charge in [0.2, 0.25) is 0 Å². The van der Waals surface area contributed by atoms with E-state index in [2.05, 4.69) is 20.0 Å². The molecule has 260 valence electrons. The van der Waals surface area contributed by atoms with Gasteiger partial charge in [0, 0.05) is 26.1 Å². The topological polar surface area (TPSA) is 120 Å². The van der Waals surface area contributed by atoms with Crippen LogP contribution in [0.4, 0.5) is 23.4 Å². The highest BCUT2D eigenvalue weighted by atomic mass is 32.2. The molecule has 5 heterocycles. The number of benzene rings is 3. The van der Waals surface area contributed by atoms with Gasteiger partial charge in [-0.05, 0) is 91.4 Å². The monoisotopic (exact) mass is 700 g/mol. The number of halogens is 4. The number of phenols is 1. The average Bonchev–Trinajstić information content (AvgIpc) is 3.67. The molecule has 3 aromatic carbocycles. The summed E-state index contributed by atoms with van der Waals surface area (Å²) in [6, 6.07) is 5.86. The molecule has 1 aromatic heterocycles. The molecule has 1 unspecified atom stereocenters. The molecule has 4 saturated heterocycles. The predicted octanol–water partition coefficient (Wildman–Crippen LogP) is 4.87. The van der Waals surface area contributed by atoms with E-state index in [4.69, 9.17) is 4.74 Å². The number of hydrogen-bond donors (Lipinski definition) is 3. The molecule has 4 aliphatic rings. The van der Waals surface area contributed by atoms with E-state index in [-0.39, 0.29) is 78.6 Å². The molecule has 4 aromatic rings. The number of alkyl halides is 1. The Balaban J connectivity index is 1.36. The molecule has 3 atom stereocenters. The first-order valence-corrected chi connectivity index (χ1v) is 18.1. The molecule has 0 saturated carbocycles. The molecule has 0 aliphatic carbocycles. The fourth-order valence-corrected chi connectivity index (χ4v) is 10.2. The molecule has 0 bridgehead atoms. The molecular formula is C34H36F4N6O4S. The summed E-state index contributed by atoms with van der Waals surface area (Å²) in [7, 11) is -4.23. The Morgan fingerprint density at radius 3 is 2.69 bits per heavy atom. The van der Waals surface area contributed by atoms with Crippen LogP contribution < -0.4 is 19.1 Å². The summed E-state index contributed by atoms with van der Waals surface area (Å²) in [5.41, 5.74) is -2.50. The third-order valence-electron chi connectivity index (χ3n) is 10.7. The molecular weight excluding hydrogens is 664 g/mol. The second-order valence-corrected chi connectivity index (χ2v) is 15.3. The van der Waals surface area contributed by atoms with Crippen molar-refractivity contribution < 1.29 is 35.8 Å². The van der Waals surface area contributed by atoms with Gasteiger partial charge >= 0.3 is 16.2 Å². The molecule has 1 spiro atoms. The number of ether oxygens (including phenoxy) is 1. The van der Waals surface area contributed by atoms with E-state index in [1.54, 1.807) is 6.92 Å². The maximum absolute atomic E-state index is 17.1. The fraction of sp³-hybridized carbons (Fsp3) is 0.471. The lowest BCUT2D eigenvalue weighted by Crippen LogP contribution is -2.57. The normalized spacial score (nSPS) is 26.7. The predicted molar refractivity (Wildman–Crippen MR) is 176 cm³/mol. The summed E-state index contributed by atoms with van der Waals surface area (Å²) < 4.78 is 100. The van der Waals surface area contributed by atoms with Crippen LogP contribution in [0.2, 0.25) is 0 Å². The Morgan fingerprint density at radius 2 is 1.92 bits per heavy atom. The Kier molecular flexibility index (Phi) is 7.70. The van der Waals surface area contributed by atoms with Crippen LogP contribution in [0.1, 0.15) is 44.6 Å². The first-order chi connectivity index (χ1) is 23.4. The van der Waals surface area contributed by atoms with Crippen molar-refractivity contribution in [2.75, 3.05) is 43.6 Å².